The van der Waals surface area contributed by atoms with Gasteiger partial charge in [-0.1, -0.05) is 0 Å². The summed E-state index contributed by atoms with van der Waals surface area (Å²) in [6, 6.07) is 0. The Hall–Kier alpha value is 1.92. The summed E-state index contributed by atoms with van der Waals surface area (Å²) in [4.78, 5) is 0. The first kappa shape index (κ1) is 16.8. The van der Waals surface area contributed by atoms with Crippen LogP contribution in [0.5, 0.6) is 0 Å². The van der Waals surface area contributed by atoms with E-state index in [1.165, 1.54) is 0 Å². The van der Waals surface area contributed by atoms with Crippen LogP contribution in [0, 0.1) is 0 Å². The fourth-order valence-electron chi connectivity index (χ4n) is 0. The minimum atomic E-state index is 0. The Labute approximate surface area is 62.1 Å². The Kier molecular flexibility index (Phi) is 86.1. The molecule has 0 fully saturated rings. The van der Waals surface area contributed by atoms with Crippen LogP contribution in [0.15, 0.2) is 0 Å². The summed E-state index contributed by atoms with van der Waals surface area (Å²) in [5, 5.41) is 0. The molecule has 0 bridgehead atoms. The first-order valence-electron chi connectivity index (χ1n) is 0.129. The molecule has 0 aromatic rings. The fraction of sp³-hybridized carbons (Fsp3) is 0. The van der Waals surface area contributed by atoms with Crippen LogP contribution < -0.4 is 0 Å². The molecule has 4 heavy (non-hydrogen) atoms. The summed E-state index contributed by atoms with van der Waals surface area (Å²) in [5.74, 6) is 0. The van der Waals surface area contributed by atoms with Gasteiger partial charge in [0.15, 0.2) is 0 Å². The van der Waals surface area contributed by atoms with Crippen molar-refractivity contribution in [3.8, 4) is 0 Å². The van der Waals surface area contributed by atoms with Gasteiger partial charge in [-0.3, -0.25) is 0 Å². The van der Waals surface area contributed by atoms with Gasteiger partial charge < -0.3 is 0 Å². The molecule has 0 aromatic carbocycles. The first-order chi connectivity index (χ1) is 1.00. The first-order valence-corrected chi connectivity index (χ1v) is 1.60. The maximum atomic E-state index is 3.71. The predicted molar refractivity (Wildman–Crippen MR) is 7.59 cm³/mol. The Balaban J connectivity index is -0.00000000500. The second-order valence-corrected chi connectivity index (χ2v) is 0. The average molecular weight is 243 g/mol. The second-order valence-electron chi connectivity index (χ2n) is 0. The molecule has 0 spiro atoms. The standard InChI is InChI=1S/Fe.Mo.Ni.S. The van der Waals surface area contributed by atoms with Crippen LogP contribution in [-0.4, -0.2) is 0 Å². The molecule has 0 aliphatic carbocycles. The van der Waals surface area contributed by atoms with Gasteiger partial charge in [-0.2, -0.15) is 0 Å². The zero-order valence-corrected chi connectivity index (χ0v) is 6.40. The third kappa shape index (κ3) is 9.07. The van der Waals surface area contributed by atoms with Crippen molar-refractivity contribution in [1.82, 2.24) is 0 Å². The van der Waals surface area contributed by atoms with Crippen LogP contribution in [0.3, 0.4) is 0 Å². The Morgan fingerprint density at radius 2 is 1.25 bits per heavy atom. The van der Waals surface area contributed by atoms with E-state index in [9.17, 15) is 0 Å². The zero-order valence-electron chi connectivity index (χ0n) is 1.49. The van der Waals surface area contributed by atoms with E-state index < -0.39 is 0 Å². The Bertz CT molecular complexity index is 8.00. The quantitative estimate of drug-likeness (QED) is 0.562. The van der Waals surface area contributed by atoms with Gasteiger partial charge in [-0.15, -0.1) is 0 Å². The van der Waals surface area contributed by atoms with E-state index in [0.717, 1.165) is 0 Å². The summed E-state index contributed by atoms with van der Waals surface area (Å²) in [5.41, 5.74) is 0. The number of hydrogen-bond donors (Lipinski definition) is 0. The molecule has 0 amide bonds. The van der Waals surface area contributed by atoms with Crippen molar-refractivity contribution in [2.45, 2.75) is 0 Å². The molecule has 0 radical (unpaired) electrons. The van der Waals surface area contributed by atoms with Crippen molar-refractivity contribution in [3.05, 3.63) is 0 Å². The van der Waals surface area contributed by atoms with Crippen molar-refractivity contribution >= 4 is 10.7 Å². The molecule has 0 unspecified atom stereocenters. The molecule has 0 aromatic heterocycles. The maximum absolute atomic E-state index is 3.71. The Morgan fingerprint density at radius 1 is 1.25 bits per heavy atom. The van der Waals surface area contributed by atoms with E-state index in [-0.39, 0.29) is 38.1 Å². The van der Waals surface area contributed by atoms with Gasteiger partial charge in [0.05, 0.1) is 0 Å². The minimum absolute atomic E-state index is 0. The fourth-order valence-corrected chi connectivity index (χ4v) is 0. The third-order valence-corrected chi connectivity index (χ3v) is 0. The summed E-state index contributed by atoms with van der Waals surface area (Å²) in [7, 11) is 3.71. The molecule has 0 N–H and O–H groups in total. The summed E-state index contributed by atoms with van der Waals surface area (Å²) in [6.45, 7) is 0. The monoisotopic (exact) mass is 244 g/mol. The molecule has 0 heterocycles. The predicted octanol–water partition coefficient (Wildman–Crippen LogP) is 0.641. The van der Waals surface area contributed by atoms with Gasteiger partial charge in [0.2, 0.25) is 0 Å². The van der Waals surface area contributed by atoms with Crippen LogP contribution >= 0.6 is 10.7 Å². The SMILES string of the molecule is [Fe].[Mo].[S]=[Ni]. The van der Waals surface area contributed by atoms with Gasteiger partial charge >= 0.3 is 24.5 Å². The molecule has 0 saturated heterocycles. The van der Waals surface area contributed by atoms with Crippen LogP contribution in [0.2, 0.25) is 0 Å². The van der Waals surface area contributed by atoms with Crippen LogP contribution in [0.4, 0.5) is 0 Å². The number of hydrogen-bond acceptors (Lipinski definition) is 1. The molecular formula is FeMoNiS. The van der Waals surface area contributed by atoms with E-state index in [2.05, 4.69) is 24.5 Å². The summed E-state index contributed by atoms with van der Waals surface area (Å²) in [6.07, 6.45) is 0. The average Bonchev–Trinajstić information content (AvgIpc) is 1.00. The molecule has 0 rings (SSSR count). The van der Waals surface area contributed by atoms with Crippen LogP contribution in [-0.2, 0) is 52.0 Å². The summed E-state index contributed by atoms with van der Waals surface area (Å²) >= 11 is 3.46. The second kappa shape index (κ2) is 20.5. The van der Waals surface area contributed by atoms with Crippen molar-refractivity contribution in [1.29, 1.82) is 0 Å². The van der Waals surface area contributed by atoms with Gasteiger partial charge in [-0.05, 0) is 0 Å². The van der Waals surface area contributed by atoms with Crippen LogP contribution in [0.1, 0.15) is 0 Å². The van der Waals surface area contributed by atoms with Gasteiger partial charge in [-0.25, -0.2) is 0 Å². The molecule has 0 saturated carbocycles. The molecule has 30 valence electrons. The molecule has 0 aliphatic rings. The van der Waals surface area contributed by atoms with E-state index in [4.69, 9.17) is 0 Å². The van der Waals surface area contributed by atoms with Crippen molar-refractivity contribution in [2.24, 2.45) is 0 Å². The third-order valence-electron chi connectivity index (χ3n) is 0. The molecule has 0 atom stereocenters. The van der Waals surface area contributed by atoms with E-state index in [1.54, 1.807) is 0 Å². The molecule has 0 nitrogen and oxygen atoms in total. The van der Waals surface area contributed by atoms with E-state index >= 15 is 0 Å². The van der Waals surface area contributed by atoms with Gasteiger partial charge in [0.25, 0.3) is 0 Å². The van der Waals surface area contributed by atoms with Crippen LogP contribution in [0.25, 0.3) is 0 Å². The van der Waals surface area contributed by atoms with Crippen molar-refractivity contribution in [2.75, 3.05) is 0 Å². The number of rotatable bonds is 0. The zero-order chi connectivity index (χ0) is 2.00. The molecule has 0 aliphatic heterocycles. The normalized spacial score (nSPS) is 1.50. The van der Waals surface area contributed by atoms with Gasteiger partial charge in [0, 0.05) is 38.1 Å². The Morgan fingerprint density at radius 3 is 1.25 bits per heavy atom. The van der Waals surface area contributed by atoms with E-state index in [1.807, 2.05) is 0 Å². The molecule has 4 heteroatoms. The van der Waals surface area contributed by atoms with Crippen molar-refractivity contribution in [3.63, 3.8) is 0 Å². The van der Waals surface area contributed by atoms with Crippen molar-refractivity contribution < 1.29 is 52.0 Å². The van der Waals surface area contributed by atoms with Gasteiger partial charge in [0.1, 0.15) is 0 Å². The van der Waals surface area contributed by atoms with E-state index in [0.29, 0.717) is 0 Å². The molecular weight excluding hydrogens is 243 g/mol. The summed E-state index contributed by atoms with van der Waals surface area (Å²) < 4.78 is 0. The topological polar surface area (TPSA) is 0 Å².